The van der Waals surface area contributed by atoms with Crippen LogP contribution in [-0.4, -0.2) is 44.7 Å². The van der Waals surface area contributed by atoms with Gasteiger partial charge in [0.1, 0.15) is 11.5 Å². The quantitative estimate of drug-likeness (QED) is 0.862. The zero-order valence-corrected chi connectivity index (χ0v) is 14.8. The number of amides is 1. The Kier molecular flexibility index (Phi) is 6.39. The van der Waals surface area contributed by atoms with Gasteiger partial charge in [-0.3, -0.25) is 4.79 Å². The Hall–Kier alpha value is -1.62. The summed E-state index contributed by atoms with van der Waals surface area (Å²) in [4.78, 5) is 14.2. The van der Waals surface area contributed by atoms with E-state index in [1.165, 1.54) is 6.42 Å². The zero-order valence-electron chi connectivity index (χ0n) is 14.0. The Morgan fingerprint density at radius 3 is 2.74 bits per heavy atom. The second-order valence-electron chi connectivity index (χ2n) is 5.95. The van der Waals surface area contributed by atoms with Gasteiger partial charge in [0.2, 0.25) is 5.91 Å². The topological polar surface area (TPSA) is 50.8 Å². The number of nitrogens with one attached hydrogen (secondary N) is 1. The molecule has 0 radical (unpaired) electrons. The second-order valence-corrected chi connectivity index (χ2v) is 6.36. The molecule has 0 bridgehead atoms. The molecule has 128 valence electrons. The van der Waals surface area contributed by atoms with E-state index in [0.29, 0.717) is 35.4 Å². The molecule has 0 saturated carbocycles. The van der Waals surface area contributed by atoms with Crippen molar-refractivity contribution in [2.24, 2.45) is 5.92 Å². The van der Waals surface area contributed by atoms with Gasteiger partial charge >= 0.3 is 0 Å². The Bertz CT molecular complexity index is 551. The van der Waals surface area contributed by atoms with E-state index in [2.05, 4.69) is 12.2 Å². The van der Waals surface area contributed by atoms with Crippen molar-refractivity contribution in [1.29, 1.82) is 0 Å². The Balaban J connectivity index is 1.91. The number of ether oxygens (including phenoxy) is 2. The number of carbonyl (C=O) groups excluding carboxylic acids is 1. The Morgan fingerprint density at radius 1 is 1.35 bits per heavy atom. The van der Waals surface area contributed by atoms with Crippen LogP contribution in [0.15, 0.2) is 12.1 Å². The maximum atomic E-state index is 12.3. The van der Waals surface area contributed by atoms with Crippen molar-refractivity contribution >= 4 is 23.2 Å². The third kappa shape index (κ3) is 4.67. The maximum absolute atomic E-state index is 12.3. The highest BCUT2D eigenvalue weighted by atomic mass is 35.5. The van der Waals surface area contributed by atoms with Crippen LogP contribution in [0.4, 0.5) is 5.69 Å². The molecule has 1 unspecified atom stereocenters. The van der Waals surface area contributed by atoms with Crippen LogP contribution < -0.4 is 14.8 Å². The highest BCUT2D eigenvalue weighted by Gasteiger charge is 2.20. The molecule has 6 heteroatoms. The Labute approximate surface area is 142 Å². The summed E-state index contributed by atoms with van der Waals surface area (Å²) in [6.45, 7) is 4.49. The summed E-state index contributed by atoms with van der Waals surface area (Å²) in [7, 11) is 3.15. The molecule has 23 heavy (non-hydrogen) atoms. The maximum Gasteiger partial charge on any atom is 0.224 e. The first-order valence-corrected chi connectivity index (χ1v) is 8.36. The lowest BCUT2D eigenvalue weighted by Gasteiger charge is -2.31. The summed E-state index contributed by atoms with van der Waals surface area (Å²) in [5, 5.41) is 3.73. The van der Waals surface area contributed by atoms with E-state index < -0.39 is 0 Å². The molecular formula is C17H25ClN2O3. The molecule has 0 aliphatic carbocycles. The molecule has 1 aromatic rings. The molecule has 1 fully saturated rings. The van der Waals surface area contributed by atoms with Crippen molar-refractivity contribution in [2.45, 2.75) is 26.2 Å². The van der Waals surface area contributed by atoms with E-state index in [-0.39, 0.29) is 5.91 Å². The second kappa shape index (κ2) is 8.29. The van der Waals surface area contributed by atoms with Crippen molar-refractivity contribution in [3.05, 3.63) is 17.2 Å². The summed E-state index contributed by atoms with van der Waals surface area (Å²) in [5.41, 5.74) is 0.772. The molecule has 5 nitrogen and oxygen atoms in total. The first-order chi connectivity index (χ1) is 11.0. The van der Waals surface area contributed by atoms with E-state index in [0.717, 1.165) is 25.2 Å². The number of methoxy groups -OCH3 is 2. The van der Waals surface area contributed by atoms with E-state index >= 15 is 0 Å². The largest absolute Gasteiger partial charge is 0.495 e. The lowest BCUT2D eigenvalue weighted by Crippen LogP contribution is -2.39. The summed E-state index contributed by atoms with van der Waals surface area (Å²) in [6, 6.07) is 3.49. The molecule has 1 aliphatic rings. The summed E-state index contributed by atoms with van der Waals surface area (Å²) >= 11 is 6.09. The van der Waals surface area contributed by atoms with Crippen LogP contribution in [0.3, 0.4) is 0 Å². The predicted octanol–water partition coefficient (Wildman–Crippen LogP) is 3.42. The number of rotatable bonds is 6. The summed E-state index contributed by atoms with van der Waals surface area (Å²) in [6.07, 6.45) is 2.77. The number of anilines is 1. The number of benzene rings is 1. The molecule has 1 aromatic carbocycles. The minimum absolute atomic E-state index is 0.198. The van der Waals surface area contributed by atoms with Crippen molar-refractivity contribution < 1.29 is 14.3 Å². The molecule has 1 atom stereocenters. The first-order valence-electron chi connectivity index (χ1n) is 7.98. The number of carbonyl (C=O) groups is 1. The number of nitrogens with zero attached hydrogens (tertiary/aromatic N) is 1. The highest BCUT2D eigenvalue weighted by Crippen LogP contribution is 2.35. The molecule has 1 aliphatic heterocycles. The fourth-order valence-corrected chi connectivity index (χ4v) is 3.11. The fourth-order valence-electron chi connectivity index (χ4n) is 2.88. The average Bonchev–Trinajstić information content (AvgIpc) is 2.55. The van der Waals surface area contributed by atoms with Gasteiger partial charge in [-0.25, -0.2) is 0 Å². The van der Waals surface area contributed by atoms with Gasteiger partial charge in [-0.2, -0.15) is 0 Å². The molecule has 0 spiro atoms. The van der Waals surface area contributed by atoms with Gasteiger partial charge in [-0.15, -0.1) is 0 Å². The van der Waals surface area contributed by atoms with Gasteiger partial charge in [-0.1, -0.05) is 18.5 Å². The number of halogens is 1. The molecular weight excluding hydrogens is 316 g/mol. The minimum atomic E-state index is 0.198. The van der Waals surface area contributed by atoms with Crippen LogP contribution in [0.2, 0.25) is 5.02 Å². The molecule has 1 amide bonds. The van der Waals surface area contributed by atoms with Crippen molar-refractivity contribution in [3.63, 3.8) is 0 Å². The monoisotopic (exact) mass is 340 g/mol. The summed E-state index contributed by atoms with van der Waals surface area (Å²) in [5.74, 6) is 2.01. The number of hydrogen-bond donors (Lipinski definition) is 1. The molecule has 1 heterocycles. The van der Waals surface area contributed by atoms with Crippen LogP contribution in [0.5, 0.6) is 11.5 Å². The van der Waals surface area contributed by atoms with Gasteiger partial charge in [0.25, 0.3) is 0 Å². The predicted molar refractivity (Wildman–Crippen MR) is 92.6 cm³/mol. The normalized spacial score (nSPS) is 17.7. The lowest BCUT2D eigenvalue weighted by atomic mass is 10.00. The third-order valence-electron chi connectivity index (χ3n) is 4.14. The van der Waals surface area contributed by atoms with Crippen LogP contribution in [0.25, 0.3) is 0 Å². The summed E-state index contributed by atoms with van der Waals surface area (Å²) < 4.78 is 10.5. The van der Waals surface area contributed by atoms with Gasteiger partial charge in [0, 0.05) is 38.2 Å². The number of piperidine rings is 1. The first kappa shape index (κ1) is 17.7. The molecule has 2 rings (SSSR count). The average molecular weight is 341 g/mol. The smallest absolute Gasteiger partial charge is 0.224 e. The standard InChI is InChI=1S/C17H25ClN2O3/c1-12-5-4-8-20(11-12)17(21)6-7-19-14-10-15(22-2)13(18)9-16(14)23-3/h9-10,12,19H,4-8,11H2,1-3H3. The zero-order chi connectivity index (χ0) is 16.8. The molecule has 1 saturated heterocycles. The van der Waals surface area contributed by atoms with E-state index in [1.807, 2.05) is 4.90 Å². The van der Waals surface area contributed by atoms with E-state index in [1.54, 1.807) is 26.4 Å². The van der Waals surface area contributed by atoms with Crippen molar-refractivity contribution in [1.82, 2.24) is 4.90 Å². The molecule has 0 aromatic heterocycles. The SMILES string of the molecule is COc1cc(NCCC(=O)N2CCCC(C)C2)c(OC)cc1Cl. The van der Waals surface area contributed by atoms with Crippen LogP contribution >= 0.6 is 11.6 Å². The van der Waals surface area contributed by atoms with Gasteiger partial charge in [-0.05, 0) is 18.8 Å². The van der Waals surface area contributed by atoms with Crippen LogP contribution in [0, 0.1) is 5.92 Å². The van der Waals surface area contributed by atoms with Crippen molar-refractivity contribution in [3.8, 4) is 11.5 Å². The minimum Gasteiger partial charge on any atom is -0.495 e. The van der Waals surface area contributed by atoms with E-state index in [9.17, 15) is 4.79 Å². The van der Waals surface area contributed by atoms with Gasteiger partial charge < -0.3 is 19.7 Å². The Morgan fingerprint density at radius 2 is 2.09 bits per heavy atom. The number of likely N-dealkylation sites (tertiary alicyclic amines) is 1. The third-order valence-corrected chi connectivity index (χ3v) is 4.43. The molecule has 1 N–H and O–H groups in total. The van der Waals surface area contributed by atoms with Crippen LogP contribution in [0.1, 0.15) is 26.2 Å². The van der Waals surface area contributed by atoms with Gasteiger partial charge in [0.15, 0.2) is 0 Å². The lowest BCUT2D eigenvalue weighted by molar-refractivity contribution is -0.132. The van der Waals surface area contributed by atoms with Crippen LogP contribution in [-0.2, 0) is 4.79 Å². The van der Waals surface area contributed by atoms with Crippen molar-refractivity contribution in [2.75, 3.05) is 39.2 Å². The van der Waals surface area contributed by atoms with E-state index in [4.69, 9.17) is 21.1 Å². The fraction of sp³-hybridized carbons (Fsp3) is 0.588. The number of hydrogen-bond acceptors (Lipinski definition) is 4. The van der Waals surface area contributed by atoms with Gasteiger partial charge in [0.05, 0.1) is 24.9 Å². The highest BCUT2D eigenvalue weighted by molar-refractivity contribution is 6.32.